The molecule has 2 aromatic rings. The number of H-pyrrole nitrogens is 1. The van der Waals surface area contributed by atoms with Gasteiger partial charge < -0.3 is 5.11 Å². The van der Waals surface area contributed by atoms with E-state index in [0.717, 1.165) is 6.92 Å². The van der Waals surface area contributed by atoms with Crippen molar-refractivity contribution in [3.05, 3.63) is 41.6 Å². The summed E-state index contributed by atoms with van der Waals surface area (Å²) in [5.74, 6) is -3.90. The van der Waals surface area contributed by atoms with Crippen LogP contribution in [0.15, 0.2) is 30.3 Å². The van der Waals surface area contributed by atoms with Crippen molar-refractivity contribution in [1.82, 2.24) is 10.2 Å². The third-order valence-electron chi connectivity index (χ3n) is 2.55. The van der Waals surface area contributed by atoms with Crippen LogP contribution in [-0.2, 0) is 6.42 Å². The molecule has 6 heteroatoms. The predicted octanol–water partition coefficient (Wildman–Crippen LogP) is 2.97. The zero-order valence-corrected chi connectivity index (χ0v) is 10.2. The number of halogens is 2. The van der Waals surface area contributed by atoms with Crippen molar-refractivity contribution in [3.8, 4) is 11.3 Å². The lowest BCUT2D eigenvalue weighted by Gasteiger charge is -2.10. The molecule has 0 saturated heterocycles. The van der Waals surface area contributed by atoms with E-state index in [2.05, 4.69) is 10.2 Å². The standard InChI is InChI=1S/C13H12F2N2O2/c1-13(14,15)7-8-3-2-4-9(5-8)10-6-11(12(18)19)17-16-10/h2-6H,7H2,1H3,(H,16,17)(H,18,19). The second kappa shape index (κ2) is 4.79. The Bertz CT molecular complexity index is 603. The second-order valence-electron chi connectivity index (χ2n) is 4.42. The van der Waals surface area contributed by atoms with Crippen molar-refractivity contribution in [2.75, 3.05) is 0 Å². The molecular formula is C13H12F2N2O2. The van der Waals surface area contributed by atoms with Gasteiger partial charge in [-0.2, -0.15) is 5.10 Å². The van der Waals surface area contributed by atoms with Crippen molar-refractivity contribution in [2.24, 2.45) is 0 Å². The third-order valence-corrected chi connectivity index (χ3v) is 2.55. The van der Waals surface area contributed by atoms with Gasteiger partial charge in [-0.15, -0.1) is 0 Å². The number of nitrogens with one attached hydrogen (secondary N) is 1. The van der Waals surface area contributed by atoms with E-state index in [9.17, 15) is 13.6 Å². The highest BCUT2D eigenvalue weighted by atomic mass is 19.3. The molecule has 2 N–H and O–H groups in total. The van der Waals surface area contributed by atoms with E-state index >= 15 is 0 Å². The Kier molecular flexibility index (Phi) is 3.33. The predicted molar refractivity (Wildman–Crippen MR) is 65.3 cm³/mol. The molecule has 0 amide bonds. The summed E-state index contributed by atoms with van der Waals surface area (Å²) in [5, 5.41) is 15.0. The fourth-order valence-corrected chi connectivity index (χ4v) is 1.78. The van der Waals surface area contributed by atoms with E-state index in [1.807, 2.05) is 0 Å². The molecule has 100 valence electrons. The van der Waals surface area contributed by atoms with Gasteiger partial charge in [-0.3, -0.25) is 5.10 Å². The van der Waals surface area contributed by atoms with Crippen molar-refractivity contribution >= 4 is 5.97 Å². The van der Waals surface area contributed by atoms with Gasteiger partial charge in [0.1, 0.15) is 5.69 Å². The number of rotatable bonds is 4. The van der Waals surface area contributed by atoms with Gasteiger partial charge in [-0.1, -0.05) is 18.2 Å². The monoisotopic (exact) mass is 266 g/mol. The lowest BCUT2D eigenvalue weighted by molar-refractivity contribution is 0.0226. The van der Waals surface area contributed by atoms with Crippen molar-refractivity contribution < 1.29 is 18.7 Å². The van der Waals surface area contributed by atoms with Gasteiger partial charge >= 0.3 is 5.97 Å². The Morgan fingerprint density at radius 1 is 1.42 bits per heavy atom. The SMILES string of the molecule is CC(F)(F)Cc1cccc(-c2cc(C(=O)O)[nH]n2)c1. The van der Waals surface area contributed by atoms with Crippen molar-refractivity contribution in [1.29, 1.82) is 0 Å². The van der Waals surface area contributed by atoms with Crippen LogP contribution in [-0.4, -0.2) is 27.2 Å². The second-order valence-corrected chi connectivity index (χ2v) is 4.42. The maximum Gasteiger partial charge on any atom is 0.353 e. The molecule has 0 atom stereocenters. The molecule has 0 fully saturated rings. The molecule has 0 bridgehead atoms. The zero-order valence-electron chi connectivity index (χ0n) is 10.2. The van der Waals surface area contributed by atoms with Crippen molar-refractivity contribution in [2.45, 2.75) is 19.3 Å². The summed E-state index contributed by atoms with van der Waals surface area (Å²) in [6.45, 7) is 0.858. The van der Waals surface area contributed by atoms with E-state index in [0.29, 0.717) is 16.8 Å². The average Bonchev–Trinajstić information content (AvgIpc) is 2.76. The molecule has 0 spiro atoms. The van der Waals surface area contributed by atoms with E-state index in [1.165, 1.54) is 6.07 Å². The molecule has 0 unspecified atom stereocenters. The first-order chi connectivity index (χ1) is 8.85. The van der Waals surface area contributed by atoms with Crippen LogP contribution in [0.3, 0.4) is 0 Å². The first kappa shape index (κ1) is 13.2. The number of carboxylic acids is 1. The van der Waals surface area contributed by atoms with Crippen LogP contribution in [0, 0.1) is 0 Å². The van der Waals surface area contributed by atoms with Gasteiger partial charge in [0.25, 0.3) is 0 Å². The number of hydrogen-bond acceptors (Lipinski definition) is 2. The van der Waals surface area contributed by atoms with Crippen LogP contribution in [0.1, 0.15) is 23.0 Å². The number of benzene rings is 1. The molecule has 1 aromatic heterocycles. The Morgan fingerprint density at radius 2 is 2.16 bits per heavy atom. The molecular weight excluding hydrogens is 254 g/mol. The summed E-state index contributed by atoms with van der Waals surface area (Å²) < 4.78 is 25.9. The number of alkyl halides is 2. The Labute approximate surface area is 108 Å². The number of aromatic carboxylic acids is 1. The highest BCUT2D eigenvalue weighted by Crippen LogP contribution is 2.23. The highest BCUT2D eigenvalue weighted by Gasteiger charge is 2.21. The normalized spacial score (nSPS) is 11.5. The molecule has 0 saturated carbocycles. The van der Waals surface area contributed by atoms with Gasteiger partial charge in [-0.25, -0.2) is 13.6 Å². The minimum absolute atomic E-state index is 0.0405. The molecule has 1 heterocycles. The van der Waals surface area contributed by atoms with E-state index in [-0.39, 0.29) is 12.1 Å². The first-order valence-corrected chi connectivity index (χ1v) is 5.61. The number of nitrogens with zero attached hydrogens (tertiary/aromatic N) is 1. The van der Waals surface area contributed by atoms with E-state index < -0.39 is 11.9 Å². The van der Waals surface area contributed by atoms with Gasteiger partial charge in [0.2, 0.25) is 5.92 Å². The third kappa shape index (κ3) is 3.37. The molecule has 0 aliphatic carbocycles. The largest absolute Gasteiger partial charge is 0.477 e. The molecule has 4 nitrogen and oxygen atoms in total. The average molecular weight is 266 g/mol. The quantitative estimate of drug-likeness (QED) is 0.894. The van der Waals surface area contributed by atoms with Crippen LogP contribution in [0.25, 0.3) is 11.3 Å². The smallest absolute Gasteiger partial charge is 0.353 e. The highest BCUT2D eigenvalue weighted by molar-refractivity contribution is 5.86. The lowest BCUT2D eigenvalue weighted by Crippen LogP contribution is -2.13. The first-order valence-electron chi connectivity index (χ1n) is 5.61. The molecule has 2 rings (SSSR count). The maximum absolute atomic E-state index is 13.0. The number of carbonyl (C=O) groups is 1. The molecule has 19 heavy (non-hydrogen) atoms. The number of hydrogen-bond donors (Lipinski definition) is 2. The Morgan fingerprint density at radius 3 is 2.74 bits per heavy atom. The Hall–Kier alpha value is -2.24. The van der Waals surface area contributed by atoms with Crippen LogP contribution in [0.5, 0.6) is 0 Å². The van der Waals surface area contributed by atoms with Gasteiger partial charge in [0.15, 0.2) is 0 Å². The number of carboxylic acid groups (broad SMARTS) is 1. The van der Waals surface area contributed by atoms with Crippen LogP contribution >= 0.6 is 0 Å². The van der Waals surface area contributed by atoms with Crippen LogP contribution in [0.4, 0.5) is 8.78 Å². The maximum atomic E-state index is 13.0. The minimum atomic E-state index is -2.78. The van der Waals surface area contributed by atoms with E-state index in [4.69, 9.17) is 5.11 Å². The summed E-state index contributed by atoms with van der Waals surface area (Å²) in [6.07, 6.45) is -0.364. The molecule has 1 aromatic carbocycles. The van der Waals surface area contributed by atoms with Crippen LogP contribution in [0.2, 0.25) is 0 Å². The molecule has 0 aliphatic heterocycles. The van der Waals surface area contributed by atoms with Crippen LogP contribution < -0.4 is 0 Å². The summed E-state index contributed by atoms with van der Waals surface area (Å²) >= 11 is 0. The zero-order chi connectivity index (χ0) is 14.0. The fourth-order valence-electron chi connectivity index (χ4n) is 1.78. The lowest BCUT2D eigenvalue weighted by atomic mass is 10.0. The molecule has 0 aliphatic rings. The topological polar surface area (TPSA) is 66.0 Å². The summed E-state index contributed by atoms with van der Waals surface area (Å²) in [5.41, 5.74) is 1.45. The summed E-state index contributed by atoms with van der Waals surface area (Å²) in [4.78, 5) is 10.7. The molecule has 0 radical (unpaired) electrons. The number of aromatic nitrogens is 2. The van der Waals surface area contributed by atoms with E-state index in [1.54, 1.807) is 24.3 Å². The van der Waals surface area contributed by atoms with Gasteiger partial charge in [0, 0.05) is 12.0 Å². The van der Waals surface area contributed by atoms with Gasteiger partial charge in [-0.05, 0) is 24.6 Å². The minimum Gasteiger partial charge on any atom is -0.477 e. The van der Waals surface area contributed by atoms with Crippen molar-refractivity contribution in [3.63, 3.8) is 0 Å². The summed E-state index contributed by atoms with van der Waals surface area (Å²) in [7, 11) is 0. The summed E-state index contributed by atoms with van der Waals surface area (Å²) in [6, 6.07) is 7.89. The fraction of sp³-hybridized carbons (Fsp3) is 0.231. The van der Waals surface area contributed by atoms with Gasteiger partial charge in [0.05, 0.1) is 5.69 Å². The Balaban J connectivity index is 2.29. The number of aromatic amines is 1.